The Morgan fingerprint density at radius 2 is 2.04 bits per heavy atom. The fourth-order valence-corrected chi connectivity index (χ4v) is 5.39. The van der Waals surface area contributed by atoms with Crippen molar-refractivity contribution in [1.82, 2.24) is 9.97 Å². The maximum Gasteiger partial charge on any atom is 0.171 e. The number of nitrogens with zero attached hydrogens (tertiary/aromatic N) is 3. The summed E-state index contributed by atoms with van der Waals surface area (Å²) in [5.74, 6) is 1.29. The van der Waals surface area contributed by atoms with Gasteiger partial charge >= 0.3 is 0 Å². The number of pyridine rings is 2. The minimum absolute atomic E-state index is 0.357. The first-order chi connectivity index (χ1) is 13.2. The highest BCUT2D eigenvalue weighted by molar-refractivity contribution is 7.26. The predicted octanol–water partition coefficient (Wildman–Crippen LogP) is 3.72. The Morgan fingerprint density at radius 3 is 2.78 bits per heavy atom. The zero-order chi connectivity index (χ0) is 18.4. The molecule has 0 bridgehead atoms. The first kappa shape index (κ1) is 17.2. The van der Waals surface area contributed by atoms with E-state index in [9.17, 15) is 0 Å². The topological polar surface area (TPSA) is 73.5 Å². The highest BCUT2D eigenvalue weighted by atomic mass is 32.1. The fourth-order valence-electron chi connectivity index (χ4n) is 4.28. The fraction of sp³-hybridized carbons (Fsp3) is 0.500. The number of anilines is 2. The van der Waals surface area contributed by atoms with E-state index in [4.69, 9.17) is 20.2 Å². The molecule has 6 nitrogen and oxygen atoms in total. The summed E-state index contributed by atoms with van der Waals surface area (Å²) in [7, 11) is 0. The van der Waals surface area contributed by atoms with Crippen molar-refractivity contribution in [3.8, 4) is 0 Å². The molecule has 0 radical (unpaired) electrons. The molecule has 5 heterocycles. The van der Waals surface area contributed by atoms with Crippen molar-refractivity contribution in [3.05, 3.63) is 23.9 Å². The van der Waals surface area contributed by atoms with Gasteiger partial charge in [-0.2, -0.15) is 0 Å². The second kappa shape index (κ2) is 6.58. The Morgan fingerprint density at radius 1 is 1.26 bits per heavy atom. The maximum atomic E-state index is 6.12. The summed E-state index contributed by atoms with van der Waals surface area (Å²) in [6.07, 6.45) is 5.70. The van der Waals surface area contributed by atoms with Crippen LogP contribution in [-0.4, -0.2) is 42.1 Å². The lowest BCUT2D eigenvalue weighted by atomic mass is 10.0. The van der Waals surface area contributed by atoms with Crippen LogP contribution in [0.4, 0.5) is 11.6 Å². The van der Waals surface area contributed by atoms with Gasteiger partial charge in [0.1, 0.15) is 16.5 Å². The molecule has 2 aliphatic rings. The predicted molar refractivity (Wildman–Crippen MR) is 109 cm³/mol. The number of ether oxygens (including phenoxy) is 2. The Balaban J connectivity index is 1.55. The second-order valence-electron chi connectivity index (χ2n) is 7.34. The van der Waals surface area contributed by atoms with Gasteiger partial charge in [0.05, 0.1) is 17.9 Å². The van der Waals surface area contributed by atoms with Crippen molar-refractivity contribution in [2.45, 2.75) is 38.4 Å². The molecule has 27 heavy (non-hydrogen) atoms. The summed E-state index contributed by atoms with van der Waals surface area (Å²) >= 11 is 1.65. The molecule has 142 valence electrons. The molecule has 1 spiro atoms. The number of aromatic nitrogens is 2. The van der Waals surface area contributed by atoms with Crippen LogP contribution in [0.2, 0.25) is 0 Å². The molecule has 2 aliphatic heterocycles. The highest BCUT2D eigenvalue weighted by Crippen LogP contribution is 2.40. The lowest BCUT2D eigenvalue weighted by Crippen LogP contribution is -2.45. The van der Waals surface area contributed by atoms with Crippen LogP contribution in [0.5, 0.6) is 0 Å². The van der Waals surface area contributed by atoms with Crippen LogP contribution < -0.4 is 10.6 Å². The quantitative estimate of drug-likeness (QED) is 0.742. The first-order valence-corrected chi connectivity index (χ1v) is 10.5. The minimum atomic E-state index is -0.357. The Hall–Kier alpha value is -1.96. The first-order valence-electron chi connectivity index (χ1n) is 9.68. The van der Waals surface area contributed by atoms with Gasteiger partial charge in [0, 0.05) is 42.9 Å². The summed E-state index contributed by atoms with van der Waals surface area (Å²) in [5, 5.41) is 2.42. The molecule has 0 atom stereocenters. The number of nitrogens with two attached hydrogens (primary N) is 1. The van der Waals surface area contributed by atoms with Crippen molar-refractivity contribution < 1.29 is 9.47 Å². The van der Waals surface area contributed by atoms with E-state index in [1.54, 1.807) is 17.5 Å². The number of hydrogen-bond acceptors (Lipinski definition) is 7. The summed E-state index contributed by atoms with van der Waals surface area (Å²) in [6, 6.07) is 4.33. The van der Waals surface area contributed by atoms with Gasteiger partial charge in [-0.1, -0.05) is 13.3 Å². The van der Waals surface area contributed by atoms with Crippen molar-refractivity contribution >= 4 is 43.3 Å². The van der Waals surface area contributed by atoms with Gasteiger partial charge < -0.3 is 20.1 Å². The number of fused-ring (bicyclic) bond motifs is 3. The van der Waals surface area contributed by atoms with Gasteiger partial charge in [0.2, 0.25) is 0 Å². The average Bonchev–Trinajstić information content (AvgIpc) is 3.28. The third kappa shape index (κ3) is 2.85. The lowest BCUT2D eigenvalue weighted by molar-refractivity contribution is -0.169. The van der Waals surface area contributed by atoms with Crippen LogP contribution in [0.25, 0.3) is 20.3 Å². The van der Waals surface area contributed by atoms with Crippen molar-refractivity contribution in [2.75, 3.05) is 36.9 Å². The molecule has 0 aromatic carbocycles. The standard InChI is InChI=1S/C20H24N4O2S/c1-2-3-13-12-15(24-8-5-20(6-9-24)25-10-11-26-20)23-19-16(13)14-4-7-22-18(21)17(14)27-19/h4,7,12H,2-3,5-6,8-11H2,1H3,(H2,21,22). The van der Waals surface area contributed by atoms with Crippen molar-refractivity contribution in [1.29, 1.82) is 0 Å². The normalized spacial score (nSPS) is 19.5. The third-order valence-corrected chi connectivity index (χ3v) is 6.76. The number of rotatable bonds is 3. The van der Waals surface area contributed by atoms with Gasteiger partial charge in [-0.15, -0.1) is 11.3 Å². The number of aryl methyl sites for hydroxylation is 1. The van der Waals surface area contributed by atoms with Crippen LogP contribution in [0.3, 0.4) is 0 Å². The van der Waals surface area contributed by atoms with E-state index in [2.05, 4.69) is 28.9 Å². The van der Waals surface area contributed by atoms with Gasteiger partial charge in [0.25, 0.3) is 0 Å². The molecule has 2 saturated heterocycles. The number of hydrogen-bond donors (Lipinski definition) is 1. The molecular weight excluding hydrogens is 360 g/mol. The smallest absolute Gasteiger partial charge is 0.171 e. The molecule has 0 saturated carbocycles. The zero-order valence-electron chi connectivity index (χ0n) is 15.5. The molecule has 2 N–H and O–H groups in total. The van der Waals surface area contributed by atoms with E-state index in [0.29, 0.717) is 19.0 Å². The summed E-state index contributed by atoms with van der Waals surface area (Å²) < 4.78 is 12.8. The van der Waals surface area contributed by atoms with Gasteiger partial charge in [-0.05, 0) is 24.1 Å². The molecule has 2 fully saturated rings. The molecule has 7 heteroatoms. The highest BCUT2D eigenvalue weighted by Gasteiger charge is 2.40. The summed E-state index contributed by atoms with van der Waals surface area (Å²) in [5.41, 5.74) is 7.47. The molecular formula is C20H24N4O2S. The second-order valence-corrected chi connectivity index (χ2v) is 8.34. The summed E-state index contributed by atoms with van der Waals surface area (Å²) in [4.78, 5) is 12.7. The number of thiophene rings is 1. The lowest BCUT2D eigenvalue weighted by Gasteiger charge is -2.38. The van der Waals surface area contributed by atoms with Crippen molar-refractivity contribution in [2.24, 2.45) is 0 Å². The maximum absolute atomic E-state index is 6.12. The van der Waals surface area contributed by atoms with E-state index < -0.39 is 0 Å². The van der Waals surface area contributed by atoms with Gasteiger partial charge in [-0.3, -0.25) is 0 Å². The van der Waals surface area contributed by atoms with Crippen LogP contribution in [0.1, 0.15) is 31.7 Å². The molecule has 3 aromatic rings. The van der Waals surface area contributed by atoms with Crippen LogP contribution in [0, 0.1) is 0 Å². The van der Waals surface area contributed by atoms with E-state index in [-0.39, 0.29) is 5.79 Å². The van der Waals surface area contributed by atoms with Gasteiger partial charge in [0.15, 0.2) is 5.79 Å². The molecule has 0 amide bonds. The van der Waals surface area contributed by atoms with E-state index in [1.807, 2.05) is 0 Å². The molecule has 5 rings (SSSR count). The van der Waals surface area contributed by atoms with Crippen LogP contribution >= 0.6 is 11.3 Å². The van der Waals surface area contributed by atoms with Crippen LogP contribution in [-0.2, 0) is 15.9 Å². The van der Waals surface area contributed by atoms with E-state index in [1.165, 1.54) is 16.3 Å². The Kier molecular flexibility index (Phi) is 4.18. The van der Waals surface area contributed by atoms with E-state index >= 15 is 0 Å². The molecule has 3 aromatic heterocycles. The number of piperidine rings is 1. The Labute approximate surface area is 162 Å². The van der Waals surface area contributed by atoms with Gasteiger partial charge in [-0.25, -0.2) is 9.97 Å². The van der Waals surface area contributed by atoms with Crippen molar-refractivity contribution in [3.63, 3.8) is 0 Å². The molecule has 0 unspecified atom stereocenters. The monoisotopic (exact) mass is 384 g/mol. The average molecular weight is 385 g/mol. The van der Waals surface area contributed by atoms with Crippen LogP contribution in [0.15, 0.2) is 18.3 Å². The molecule has 0 aliphatic carbocycles. The number of nitrogen functional groups attached to an aromatic ring is 1. The largest absolute Gasteiger partial charge is 0.383 e. The summed E-state index contributed by atoms with van der Waals surface area (Å²) in [6.45, 7) is 5.44. The Bertz CT molecular complexity index is 986. The minimum Gasteiger partial charge on any atom is -0.383 e. The third-order valence-electron chi connectivity index (χ3n) is 5.64. The zero-order valence-corrected chi connectivity index (χ0v) is 16.3. The SMILES string of the molecule is CCCc1cc(N2CCC3(CC2)OCCO3)nc2sc3c(N)nccc3c12. The van der Waals surface area contributed by atoms with E-state index in [0.717, 1.165) is 54.1 Å².